The normalized spacial score (nSPS) is 11.4. The molecule has 0 radical (unpaired) electrons. The largest absolute Gasteiger partial charge is 0.394 e. The maximum absolute atomic E-state index is 11.9. The topological polar surface area (TPSA) is 107 Å². The fraction of sp³-hybridized carbons (Fsp3) is 0.963. The van der Waals surface area contributed by atoms with E-state index in [0.29, 0.717) is 6.42 Å². The number of nitrogens with zero attached hydrogens (tertiary/aromatic N) is 1. The van der Waals surface area contributed by atoms with E-state index in [0.717, 1.165) is 25.9 Å². The van der Waals surface area contributed by atoms with Gasteiger partial charge < -0.3 is 0 Å². The summed E-state index contributed by atoms with van der Waals surface area (Å²) in [5, 5.41) is 2.03. The Labute approximate surface area is 217 Å². The molecule has 0 aliphatic rings. The van der Waals surface area contributed by atoms with Gasteiger partial charge in [-0.05, 0) is 12.8 Å². The van der Waals surface area contributed by atoms with Gasteiger partial charge in [0.15, 0.2) is 0 Å². The number of hydrogen-bond acceptors (Lipinski definition) is 4. The zero-order chi connectivity index (χ0) is 26.6. The van der Waals surface area contributed by atoms with Gasteiger partial charge >= 0.3 is 10.4 Å². The highest BCUT2D eigenvalue weighted by molar-refractivity contribution is 7.79. The average molecular weight is 523 g/mol. The van der Waals surface area contributed by atoms with Crippen molar-refractivity contribution >= 4 is 16.3 Å². The first-order valence-corrected chi connectivity index (χ1v) is 15.9. The molecule has 0 bridgehead atoms. The second-order valence-corrected chi connectivity index (χ2v) is 10.6. The summed E-state index contributed by atoms with van der Waals surface area (Å²) in [4.78, 5) is 11.9. The second kappa shape index (κ2) is 27.9. The first-order chi connectivity index (χ1) is 16.7. The van der Waals surface area contributed by atoms with Gasteiger partial charge in [0.25, 0.3) is 0 Å². The lowest BCUT2D eigenvalue weighted by molar-refractivity contribution is -0.126. The number of hydrazine groups is 1. The van der Waals surface area contributed by atoms with E-state index in [4.69, 9.17) is 17.5 Å². The van der Waals surface area contributed by atoms with Crippen molar-refractivity contribution in [2.45, 2.75) is 156 Å². The van der Waals surface area contributed by atoms with Crippen molar-refractivity contribution in [2.75, 3.05) is 13.1 Å². The third-order valence-corrected chi connectivity index (χ3v) is 6.17. The van der Waals surface area contributed by atoms with Crippen molar-refractivity contribution in [3.8, 4) is 0 Å². The summed E-state index contributed by atoms with van der Waals surface area (Å²) in [6.07, 6.45) is 28.1. The molecule has 0 unspecified atom stereocenters. The summed E-state index contributed by atoms with van der Waals surface area (Å²) < 4.78 is 31.6. The first kappa shape index (κ1) is 36.5. The van der Waals surface area contributed by atoms with Gasteiger partial charge in [-0.1, -0.05) is 136 Å². The van der Waals surface area contributed by atoms with Gasteiger partial charge in [-0.2, -0.15) is 8.42 Å². The van der Waals surface area contributed by atoms with Crippen LogP contribution in [0.4, 0.5) is 0 Å². The first-order valence-electron chi connectivity index (χ1n) is 14.5. The Morgan fingerprint density at radius 1 is 0.600 bits per heavy atom. The molecule has 1 amide bonds. The molecule has 0 heterocycles. The van der Waals surface area contributed by atoms with E-state index < -0.39 is 10.4 Å². The number of unbranched alkanes of at least 4 members (excludes halogenated alkanes) is 18. The SMILES string of the molecule is CCCCCCCCCCCCCCCCCCCCCC(=O)NN(CC)CCC.O=S(=O)(O)O. The summed E-state index contributed by atoms with van der Waals surface area (Å²) in [5.74, 6) is 0.192. The van der Waals surface area contributed by atoms with Crippen molar-refractivity contribution in [1.82, 2.24) is 10.4 Å². The van der Waals surface area contributed by atoms with Crippen LogP contribution in [-0.2, 0) is 15.2 Å². The van der Waals surface area contributed by atoms with Gasteiger partial charge in [0.1, 0.15) is 0 Å². The van der Waals surface area contributed by atoms with Crippen molar-refractivity contribution in [2.24, 2.45) is 0 Å². The van der Waals surface area contributed by atoms with Gasteiger partial charge in [0, 0.05) is 19.5 Å². The molecule has 0 aromatic rings. The molecule has 0 saturated heterocycles. The predicted octanol–water partition coefficient (Wildman–Crippen LogP) is 7.92. The number of carbonyl (C=O) groups excluding carboxylic acids is 1. The van der Waals surface area contributed by atoms with Gasteiger partial charge in [-0.15, -0.1) is 0 Å². The number of rotatable bonds is 24. The molecule has 7 nitrogen and oxygen atoms in total. The van der Waals surface area contributed by atoms with E-state index in [-0.39, 0.29) is 5.91 Å². The second-order valence-electron chi connectivity index (χ2n) is 9.68. The predicted molar refractivity (Wildman–Crippen MR) is 148 cm³/mol. The van der Waals surface area contributed by atoms with E-state index in [1.54, 1.807) is 0 Å². The average Bonchev–Trinajstić information content (AvgIpc) is 2.79. The van der Waals surface area contributed by atoms with Crippen LogP contribution in [-0.4, -0.2) is 41.5 Å². The van der Waals surface area contributed by atoms with Crippen molar-refractivity contribution < 1.29 is 22.3 Å². The van der Waals surface area contributed by atoms with Crippen LogP contribution in [0, 0.1) is 0 Å². The monoisotopic (exact) mass is 522 g/mol. The van der Waals surface area contributed by atoms with Crippen LogP contribution in [0.15, 0.2) is 0 Å². The molecule has 212 valence electrons. The zero-order valence-electron chi connectivity index (χ0n) is 23.2. The Bertz CT molecular complexity index is 536. The quantitative estimate of drug-likeness (QED) is 0.0675. The lowest BCUT2D eigenvalue weighted by atomic mass is 10.0. The van der Waals surface area contributed by atoms with Crippen LogP contribution in [0.25, 0.3) is 0 Å². The minimum absolute atomic E-state index is 0.192. The molecule has 0 rings (SSSR count). The molecule has 3 N–H and O–H groups in total. The molecule has 0 fully saturated rings. The third-order valence-electron chi connectivity index (χ3n) is 6.17. The third kappa shape index (κ3) is 38.0. The minimum atomic E-state index is -4.67. The van der Waals surface area contributed by atoms with Crippen molar-refractivity contribution in [1.29, 1.82) is 0 Å². The molecule has 0 aromatic carbocycles. The van der Waals surface area contributed by atoms with Crippen LogP contribution < -0.4 is 5.43 Å². The molecule has 0 aliphatic heterocycles. The highest BCUT2D eigenvalue weighted by Gasteiger charge is 2.06. The molecule has 0 atom stereocenters. The van der Waals surface area contributed by atoms with Crippen LogP contribution in [0.3, 0.4) is 0 Å². The van der Waals surface area contributed by atoms with Crippen LogP contribution >= 0.6 is 0 Å². The van der Waals surface area contributed by atoms with E-state index in [9.17, 15) is 4.79 Å². The minimum Gasteiger partial charge on any atom is -0.289 e. The van der Waals surface area contributed by atoms with Gasteiger partial charge in [-0.3, -0.25) is 19.3 Å². The number of amides is 1. The Morgan fingerprint density at radius 3 is 1.20 bits per heavy atom. The number of nitrogens with one attached hydrogen (secondary N) is 1. The van der Waals surface area contributed by atoms with Crippen molar-refractivity contribution in [3.63, 3.8) is 0 Å². The molecule has 35 heavy (non-hydrogen) atoms. The standard InChI is InChI=1S/C27H56N2O.H2O4S/c1-4-7-8-9-10-11-12-13-14-15-16-17-18-19-20-21-22-23-24-25-27(30)28-29(6-3)26-5-2;1-5(2,3)4/h4-26H2,1-3H3,(H,28,30);(H2,1,2,3,4). The summed E-state index contributed by atoms with van der Waals surface area (Å²) in [5.41, 5.74) is 3.02. The molecule has 8 heteroatoms. The van der Waals surface area contributed by atoms with Crippen molar-refractivity contribution in [3.05, 3.63) is 0 Å². The Kier molecular flexibility index (Phi) is 29.0. The summed E-state index contributed by atoms with van der Waals surface area (Å²) in [7, 11) is -4.67. The van der Waals surface area contributed by atoms with Gasteiger partial charge in [0.2, 0.25) is 5.91 Å². The fourth-order valence-corrected chi connectivity index (χ4v) is 4.16. The zero-order valence-corrected chi connectivity index (χ0v) is 24.1. The highest BCUT2D eigenvalue weighted by Crippen LogP contribution is 2.14. The van der Waals surface area contributed by atoms with Crippen LogP contribution in [0.1, 0.15) is 156 Å². The molecule has 0 saturated carbocycles. The molecule has 0 aromatic heterocycles. The maximum Gasteiger partial charge on any atom is 0.394 e. The smallest absolute Gasteiger partial charge is 0.289 e. The van der Waals surface area contributed by atoms with E-state index in [1.807, 2.05) is 5.01 Å². The lowest BCUT2D eigenvalue weighted by Gasteiger charge is -2.20. The number of carbonyl (C=O) groups is 1. The molecular formula is C27H58N2O5S. The number of hydrogen-bond donors (Lipinski definition) is 3. The van der Waals surface area contributed by atoms with E-state index in [1.165, 1.54) is 116 Å². The molecule has 0 spiro atoms. The van der Waals surface area contributed by atoms with Gasteiger partial charge in [0.05, 0.1) is 0 Å². The summed E-state index contributed by atoms with van der Waals surface area (Å²) in [6.45, 7) is 8.36. The fourth-order valence-electron chi connectivity index (χ4n) is 4.16. The van der Waals surface area contributed by atoms with Gasteiger partial charge in [-0.25, -0.2) is 5.01 Å². The molecular weight excluding hydrogens is 464 g/mol. The van der Waals surface area contributed by atoms with E-state index in [2.05, 4.69) is 26.2 Å². The lowest BCUT2D eigenvalue weighted by Crippen LogP contribution is -2.42. The van der Waals surface area contributed by atoms with Crippen LogP contribution in [0.5, 0.6) is 0 Å². The summed E-state index contributed by atoms with van der Waals surface area (Å²) >= 11 is 0. The van der Waals surface area contributed by atoms with E-state index >= 15 is 0 Å². The van der Waals surface area contributed by atoms with Crippen LogP contribution in [0.2, 0.25) is 0 Å². The Balaban J connectivity index is 0. The summed E-state index contributed by atoms with van der Waals surface area (Å²) in [6, 6.07) is 0. The Morgan fingerprint density at radius 2 is 0.914 bits per heavy atom. The maximum atomic E-state index is 11.9. The Hall–Kier alpha value is -0.700. The highest BCUT2D eigenvalue weighted by atomic mass is 32.3. The molecule has 0 aliphatic carbocycles.